The summed E-state index contributed by atoms with van der Waals surface area (Å²) in [5, 5.41) is 1.16. The molecule has 4 heteroatoms. The molecule has 0 saturated carbocycles. The van der Waals surface area contributed by atoms with Crippen LogP contribution >= 0.6 is 11.8 Å². The molecule has 0 bridgehead atoms. The summed E-state index contributed by atoms with van der Waals surface area (Å²) in [7, 11) is 0. The number of hydrogen-bond acceptors (Lipinski definition) is 4. The van der Waals surface area contributed by atoms with Crippen LogP contribution in [0.1, 0.15) is 5.56 Å². The fraction of sp³-hybridized carbons (Fsp3) is 0.583. The first-order chi connectivity index (χ1) is 7.86. The Morgan fingerprint density at radius 3 is 3.00 bits per heavy atom. The molecule has 0 unspecified atom stereocenters. The van der Waals surface area contributed by atoms with E-state index in [2.05, 4.69) is 22.9 Å². The molecule has 0 N–H and O–H groups in total. The number of hydrogen-bond donors (Lipinski definition) is 0. The first kappa shape index (κ1) is 11.9. The quantitative estimate of drug-likeness (QED) is 0.747. The minimum atomic E-state index is 0.882. The molecule has 0 aromatic carbocycles. The van der Waals surface area contributed by atoms with Crippen molar-refractivity contribution in [2.24, 2.45) is 0 Å². The van der Waals surface area contributed by atoms with E-state index in [0.29, 0.717) is 0 Å². The van der Waals surface area contributed by atoms with Crippen LogP contribution in [-0.4, -0.2) is 48.5 Å². The van der Waals surface area contributed by atoms with E-state index >= 15 is 0 Å². The van der Waals surface area contributed by atoms with Gasteiger partial charge in [-0.2, -0.15) is 0 Å². The predicted molar refractivity (Wildman–Crippen MR) is 67.0 cm³/mol. The first-order valence-corrected chi connectivity index (χ1v) is 6.69. The molecule has 0 spiro atoms. The lowest BCUT2D eigenvalue weighted by molar-refractivity contribution is 0.0410. The Morgan fingerprint density at radius 2 is 2.25 bits per heavy atom. The number of thioether (sulfide) groups is 1. The normalized spacial score (nSPS) is 17.6. The molecule has 3 nitrogen and oxygen atoms in total. The zero-order valence-electron chi connectivity index (χ0n) is 9.69. The van der Waals surface area contributed by atoms with E-state index in [4.69, 9.17) is 4.74 Å². The molecule has 0 amide bonds. The number of morpholine rings is 1. The van der Waals surface area contributed by atoms with Gasteiger partial charge in [-0.05, 0) is 18.6 Å². The fourth-order valence-corrected chi connectivity index (χ4v) is 2.69. The van der Waals surface area contributed by atoms with Gasteiger partial charge in [-0.25, -0.2) is 4.98 Å². The van der Waals surface area contributed by atoms with E-state index in [1.807, 2.05) is 24.0 Å². The van der Waals surface area contributed by atoms with Gasteiger partial charge in [0.15, 0.2) is 0 Å². The molecule has 2 heterocycles. The average molecular weight is 238 g/mol. The summed E-state index contributed by atoms with van der Waals surface area (Å²) >= 11 is 1.85. The van der Waals surface area contributed by atoms with Crippen LogP contribution in [0.25, 0.3) is 0 Å². The van der Waals surface area contributed by atoms with Crippen LogP contribution in [0.3, 0.4) is 0 Å². The highest BCUT2D eigenvalue weighted by Gasteiger charge is 2.09. The standard InChI is InChI=1S/C12H18N2OS/c1-11-3-2-4-13-12(11)16-10-7-14-5-8-15-9-6-14/h2-4H,5-10H2,1H3. The maximum absolute atomic E-state index is 5.32. The Hall–Kier alpha value is -0.580. The average Bonchev–Trinajstić information content (AvgIpc) is 2.33. The summed E-state index contributed by atoms with van der Waals surface area (Å²) in [6.45, 7) is 7.15. The van der Waals surface area contributed by atoms with Crippen molar-refractivity contribution in [3.63, 3.8) is 0 Å². The first-order valence-electron chi connectivity index (χ1n) is 5.71. The van der Waals surface area contributed by atoms with E-state index in [9.17, 15) is 0 Å². The lowest BCUT2D eigenvalue weighted by atomic mass is 10.3. The van der Waals surface area contributed by atoms with Crippen molar-refractivity contribution in [1.82, 2.24) is 9.88 Å². The Kier molecular flexibility index (Phi) is 4.63. The van der Waals surface area contributed by atoms with Gasteiger partial charge < -0.3 is 4.74 Å². The second-order valence-corrected chi connectivity index (χ2v) is 5.01. The van der Waals surface area contributed by atoms with Crippen LogP contribution in [0.15, 0.2) is 23.4 Å². The number of rotatable bonds is 4. The van der Waals surface area contributed by atoms with Gasteiger partial charge >= 0.3 is 0 Å². The molecule has 1 fully saturated rings. The van der Waals surface area contributed by atoms with Gasteiger partial charge in [0.1, 0.15) is 0 Å². The van der Waals surface area contributed by atoms with Crippen molar-refractivity contribution < 1.29 is 4.74 Å². The Bertz CT molecular complexity index is 327. The highest BCUT2D eigenvalue weighted by molar-refractivity contribution is 7.99. The van der Waals surface area contributed by atoms with E-state index in [1.54, 1.807) is 0 Å². The SMILES string of the molecule is Cc1cccnc1SCCN1CCOCC1. The molecule has 1 saturated heterocycles. The second kappa shape index (κ2) is 6.23. The predicted octanol–water partition coefficient (Wildman–Crippen LogP) is 1.81. The molecule has 1 aromatic heterocycles. The number of aryl methyl sites for hydroxylation is 1. The van der Waals surface area contributed by atoms with Crippen LogP contribution in [-0.2, 0) is 4.74 Å². The van der Waals surface area contributed by atoms with Crippen molar-refractivity contribution >= 4 is 11.8 Å². The molecule has 0 radical (unpaired) electrons. The smallest absolute Gasteiger partial charge is 0.0989 e. The molecule has 16 heavy (non-hydrogen) atoms. The number of pyridine rings is 1. The number of ether oxygens (including phenoxy) is 1. The van der Waals surface area contributed by atoms with Crippen LogP contribution in [0, 0.1) is 6.92 Å². The van der Waals surface area contributed by atoms with Crippen LogP contribution < -0.4 is 0 Å². The molecule has 1 aliphatic heterocycles. The number of aromatic nitrogens is 1. The summed E-state index contributed by atoms with van der Waals surface area (Å²) in [5.41, 5.74) is 1.27. The summed E-state index contributed by atoms with van der Waals surface area (Å²) in [6, 6.07) is 4.10. The third-order valence-electron chi connectivity index (χ3n) is 2.71. The van der Waals surface area contributed by atoms with Gasteiger partial charge in [0, 0.05) is 31.6 Å². The minimum Gasteiger partial charge on any atom is -0.379 e. The largest absolute Gasteiger partial charge is 0.379 e. The van der Waals surface area contributed by atoms with Crippen molar-refractivity contribution in [1.29, 1.82) is 0 Å². The van der Waals surface area contributed by atoms with E-state index in [0.717, 1.165) is 43.6 Å². The number of nitrogens with zero attached hydrogens (tertiary/aromatic N) is 2. The minimum absolute atomic E-state index is 0.882. The molecule has 1 aliphatic rings. The molecular formula is C12H18N2OS. The topological polar surface area (TPSA) is 25.4 Å². The van der Waals surface area contributed by atoms with Crippen LogP contribution in [0.2, 0.25) is 0 Å². The second-order valence-electron chi connectivity index (χ2n) is 3.93. The third kappa shape index (κ3) is 3.47. The molecule has 88 valence electrons. The molecule has 1 aromatic rings. The molecule has 2 rings (SSSR count). The highest BCUT2D eigenvalue weighted by Crippen LogP contribution is 2.18. The lowest BCUT2D eigenvalue weighted by Gasteiger charge is -2.26. The molecule has 0 aliphatic carbocycles. The van der Waals surface area contributed by atoms with Gasteiger partial charge in [0.25, 0.3) is 0 Å². The van der Waals surface area contributed by atoms with Gasteiger partial charge in [0.05, 0.1) is 18.2 Å². The molecule has 0 atom stereocenters. The van der Waals surface area contributed by atoms with Crippen LogP contribution in [0.5, 0.6) is 0 Å². The zero-order chi connectivity index (χ0) is 11.2. The Balaban J connectivity index is 1.73. The summed E-state index contributed by atoms with van der Waals surface area (Å²) in [5.74, 6) is 1.11. The molecular weight excluding hydrogens is 220 g/mol. The van der Waals surface area contributed by atoms with Crippen LogP contribution in [0.4, 0.5) is 0 Å². The van der Waals surface area contributed by atoms with Gasteiger partial charge in [-0.1, -0.05) is 6.07 Å². The maximum Gasteiger partial charge on any atom is 0.0989 e. The van der Waals surface area contributed by atoms with Crippen molar-refractivity contribution in [2.45, 2.75) is 11.9 Å². The summed E-state index contributed by atoms with van der Waals surface area (Å²) in [4.78, 5) is 6.83. The fourth-order valence-electron chi connectivity index (χ4n) is 1.72. The van der Waals surface area contributed by atoms with Crippen molar-refractivity contribution in [2.75, 3.05) is 38.6 Å². The summed E-state index contributed by atoms with van der Waals surface area (Å²) < 4.78 is 5.32. The van der Waals surface area contributed by atoms with E-state index < -0.39 is 0 Å². The third-order valence-corrected chi connectivity index (χ3v) is 3.80. The Morgan fingerprint density at radius 1 is 1.44 bits per heavy atom. The van der Waals surface area contributed by atoms with Gasteiger partial charge in [-0.15, -0.1) is 11.8 Å². The van der Waals surface area contributed by atoms with Crippen molar-refractivity contribution in [3.8, 4) is 0 Å². The lowest BCUT2D eigenvalue weighted by Crippen LogP contribution is -2.37. The zero-order valence-corrected chi connectivity index (χ0v) is 10.5. The Labute approximate surface area is 101 Å². The summed E-state index contributed by atoms with van der Waals surface area (Å²) in [6.07, 6.45) is 1.87. The van der Waals surface area contributed by atoms with E-state index in [-0.39, 0.29) is 0 Å². The van der Waals surface area contributed by atoms with Gasteiger partial charge in [-0.3, -0.25) is 4.90 Å². The van der Waals surface area contributed by atoms with Crippen molar-refractivity contribution in [3.05, 3.63) is 23.9 Å². The highest BCUT2D eigenvalue weighted by atomic mass is 32.2. The van der Waals surface area contributed by atoms with Gasteiger partial charge in [0.2, 0.25) is 0 Å². The monoisotopic (exact) mass is 238 g/mol. The maximum atomic E-state index is 5.32. The van der Waals surface area contributed by atoms with E-state index in [1.165, 1.54) is 5.56 Å².